The Hall–Kier alpha value is 0.460. The summed E-state index contributed by atoms with van der Waals surface area (Å²) < 4.78 is 3.22. The largest absolute Gasteiger partial charge is 0.383 e. The Morgan fingerprint density at radius 2 is 1.73 bits per heavy atom. The minimum Gasteiger partial charge on any atom is -0.383 e. The molecule has 0 heterocycles. The van der Waals surface area contributed by atoms with Crippen molar-refractivity contribution in [2.75, 3.05) is 11.9 Å². The molecule has 0 aliphatic heterocycles. The van der Waals surface area contributed by atoms with Crippen molar-refractivity contribution < 1.29 is 0 Å². The molecule has 0 fully saturated rings. The third-order valence-corrected chi connectivity index (χ3v) is 4.04. The fourth-order valence-electron chi connectivity index (χ4n) is 1.13. The van der Waals surface area contributed by atoms with E-state index >= 15 is 0 Å². The molecule has 1 aromatic carbocycles. The first-order valence-corrected chi connectivity index (χ1v) is 7.31. The number of hydrogen-bond acceptors (Lipinski definition) is 1. The summed E-state index contributed by atoms with van der Waals surface area (Å²) in [6.45, 7) is 5.45. The summed E-state index contributed by atoms with van der Waals surface area (Å²) in [6, 6.07) is 4.09. The van der Waals surface area contributed by atoms with Crippen molar-refractivity contribution in [3.05, 3.63) is 25.6 Å². The van der Waals surface area contributed by atoms with E-state index in [0.717, 1.165) is 25.7 Å². The zero-order valence-corrected chi connectivity index (χ0v) is 13.5. The molecule has 0 aliphatic rings. The SMILES string of the molecule is CCC(C)CNc1c(Br)cc(Br)cc1Br. The van der Waals surface area contributed by atoms with E-state index in [4.69, 9.17) is 0 Å². The van der Waals surface area contributed by atoms with E-state index in [9.17, 15) is 0 Å². The highest BCUT2D eigenvalue weighted by Crippen LogP contribution is 2.34. The molecule has 84 valence electrons. The second-order valence-electron chi connectivity index (χ2n) is 3.64. The van der Waals surface area contributed by atoms with E-state index in [2.05, 4.69) is 67.0 Å². The maximum absolute atomic E-state index is 3.55. The zero-order valence-electron chi connectivity index (χ0n) is 8.78. The van der Waals surface area contributed by atoms with Gasteiger partial charge in [0, 0.05) is 20.0 Å². The molecule has 0 aliphatic carbocycles. The lowest BCUT2D eigenvalue weighted by atomic mass is 10.1. The third-order valence-electron chi connectivity index (χ3n) is 2.33. The molecule has 1 N–H and O–H groups in total. The normalized spacial score (nSPS) is 12.6. The fourth-order valence-corrected chi connectivity index (χ4v) is 3.67. The van der Waals surface area contributed by atoms with Gasteiger partial charge in [0.05, 0.1) is 5.69 Å². The smallest absolute Gasteiger partial charge is 0.0629 e. The molecular weight excluding hydrogens is 386 g/mol. The number of benzene rings is 1. The monoisotopic (exact) mass is 397 g/mol. The molecule has 1 rings (SSSR count). The van der Waals surface area contributed by atoms with Gasteiger partial charge in [-0.2, -0.15) is 0 Å². The summed E-state index contributed by atoms with van der Waals surface area (Å²) in [5.74, 6) is 0.687. The Labute approximate surface area is 116 Å². The highest BCUT2D eigenvalue weighted by molar-refractivity contribution is 9.11. The maximum atomic E-state index is 3.55. The van der Waals surface area contributed by atoms with Crippen molar-refractivity contribution in [2.45, 2.75) is 20.3 Å². The van der Waals surface area contributed by atoms with Crippen LogP contribution in [0.4, 0.5) is 5.69 Å². The Kier molecular flexibility index (Phi) is 5.64. The van der Waals surface area contributed by atoms with Crippen LogP contribution in [0, 0.1) is 5.92 Å². The topological polar surface area (TPSA) is 12.0 Å². The minimum absolute atomic E-state index is 0.687. The van der Waals surface area contributed by atoms with Gasteiger partial charge < -0.3 is 5.32 Å². The quantitative estimate of drug-likeness (QED) is 0.711. The van der Waals surface area contributed by atoms with Crippen molar-refractivity contribution >= 4 is 53.5 Å². The van der Waals surface area contributed by atoms with E-state index in [1.54, 1.807) is 0 Å². The van der Waals surface area contributed by atoms with Crippen molar-refractivity contribution in [2.24, 2.45) is 5.92 Å². The number of rotatable bonds is 4. The standard InChI is InChI=1S/C11H14Br3N/c1-3-7(2)6-15-11-9(13)4-8(12)5-10(11)14/h4-5,7,15H,3,6H2,1-2H3. The van der Waals surface area contributed by atoms with Crippen LogP contribution >= 0.6 is 47.8 Å². The summed E-state index contributed by atoms with van der Waals surface area (Å²) >= 11 is 10.5. The van der Waals surface area contributed by atoms with Crippen molar-refractivity contribution in [1.29, 1.82) is 0 Å². The van der Waals surface area contributed by atoms with Crippen LogP contribution < -0.4 is 5.32 Å². The molecule has 4 heteroatoms. The van der Waals surface area contributed by atoms with Gasteiger partial charge >= 0.3 is 0 Å². The van der Waals surface area contributed by atoms with Gasteiger partial charge in [-0.15, -0.1) is 0 Å². The van der Waals surface area contributed by atoms with Gasteiger partial charge in [0.1, 0.15) is 0 Å². The number of anilines is 1. The first kappa shape index (κ1) is 13.5. The summed E-state index contributed by atoms with van der Waals surface area (Å²) in [5, 5.41) is 3.44. The minimum atomic E-state index is 0.687. The molecule has 0 saturated heterocycles. The van der Waals surface area contributed by atoms with Gasteiger partial charge in [0.2, 0.25) is 0 Å². The number of nitrogens with one attached hydrogen (secondary N) is 1. The molecule has 0 radical (unpaired) electrons. The molecule has 0 bridgehead atoms. The van der Waals surface area contributed by atoms with Gasteiger partial charge in [-0.3, -0.25) is 0 Å². The first-order chi connectivity index (χ1) is 7.04. The third kappa shape index (κ3) is 4.08. The first-order valence-electron chi connectivity index (χ1n) is 4.93. The van der Waals surface area contributed by atoms with Crippen LogP contribution in [0.15, 0.2) is 25.6 Å². The number of halogens is 3. The average Bonchev–Trinajstić information content (AvgIpc) is 2.15. The maximum Gasteiger partial charge on any atom is 0.0629 e. The van der Waals surface area contributed by atoms with E-state index < -0.39 is 0 Å². The van der Waals surface area contributed by atoms with Crippen molar-refractivity contribution in [3.8, 4) is 0 Å². The van der Waals surface area contributed by atoms with Gasteiger partial charge in [-0.25, -0.2) is 0 Å². The van der Waals surface area contributed by atoms with Crippen molar-refractivity contribution in [1.82, 2.24) is 0 Å². The molecule has 0 aromatic heterocycles. The van der Waals surface area contributed by atoms with E-state index in [1.807, 2.05) is 12.1 Å². The lowest BCUT2D eigenvalue weighted by Gasteiger charge is -2.14. The summed E-state index contributed by atoms with van der Waals surface area (Å²) in [5.41, 5.74) is 1.12. The van der Waals surface area contributed by atoms with Crippen LogP contribution in [0.25, 0.3) is 0 Å². The van der Waals surface area contributed by atoms with Crippen LogP contribution in [-0.4, -0.2) is 6.54 Å². The second-order valence-corrected chi connectivity index (χ2v) is 6.26. The molecule has 0 saturated carbocycles. The lowest BCUT2D eigenvalue weighted by Crippen LogP contribution is -2.10. The molecule has 1 aromatic rings. The molecule has 1 unspecified atom stereocenters. The van der Waals surface area contributed by atoms with Crippen molar-refractivity contribution in [3.63, 3.8) is 0 Å². The predicted octanol–water partition coefficient (Wildman–Crippen LogP) is 5.43. The second kappa shape index (κ2) is 6.26. The molecule has 1 nitrogen and oxygen atoms in total. The van der Waals surface area contributed by atoms with Crippen LogP contribution in [-0.2, 0) is 0 Å². The molecule has 1 atom stereocenters. The zero-order chi connectivity index (χ0) is 11.4. The summed E-state index contributed by atoms with van der Waals surface area (Å²) in [7, 11) is 0. The highest BCUT2D eigenvalue weighted by Gasteiger charge is 2.07. The lowest BCUT2D eigenvalue weighted by molar-refractivity contribution is 0.593. The summed E-state index contributed by atoms with van der Waals surface area (Å²) in [6.07, 6.45) is 1.19. The molecule has 15 heavy (non-hydrogen) atoms. The van der Waals surface area contributed by atoms with Crippen LogP contribution in [0.5, 0.6) is 0 Å². The number of hydrogen-bond donors (Lipinski definition) is 1. The van der Waals surface area contributed by atoms with Crippen LogP contribution in [0.1, 0.15) is 20.3 Å². The Morgan fingerprint density at radius 1 is 1.20 bits per heavy atom. The Balaban J connectivity index is 2.77. The van der Waals surface area contributed by atoms with Gasteiger partial charge in [-0.1, -0.05) is 36.2 Å². The van der Waals surface area contributed by atoms with E-state index in [0.29, 0.717) is 5.92 Å². The Morgan fingerprint density at radius 3 is 2.20 bits per heavy atom. The summed E-state index contributed by atoms with van der Waals surface area (Å²) in [4.78, 5) is 0. The highest BCUT2D eigenvalue weighted by atomic mass is 79.9. The van der Waals surface area contributed by atoms with Crippen LogP contribution in [0.3, 0.4) is 0 Å². The fraction of sp³-hybridized carbons (Fsp3) is 0.455. The molecular formula is C11H14Br3N. The predicted molar refractivity (Wildman–Crippen MR) is 77.5 cm³/mol. The van der Waals surface area contributed by atoms with Gasteiger partial charge in [0.25, 0.3) is 0 Å². The van der Waals surface area contributed by atoms with Crippen LogP contribution in [0.2, 0.25) is 0 Å². The Bertz CT molecular complexity index is 316. The van der Waals surface area contributed by atoms with Gasteiger partial charge in [-0.05, 0) is 49.9 Å². The molecule has 0 amide bonds. The van der Waals surface area contributed by atoms with E-state index in [1.165, 1.54) is 6.42 Å². The van der Waals surface area contributed by atoms with Gasteiger partial charge in [0.15, 0.2) is 0 Å². The van der Waals surface area contributed by atoms with E-state index in [-0.39, 0.29) is 0 Å². The average molecular weight is 400 g/mol. The molecule has 0 spiro atoms.